The van der Waals surface area contributed by atoms with E-state index in [1.807, 2.05) is 27.7 Å². The van der Waals surface area contributed by atoms with Crippen molar-refractivity contribution in [1.82, 2.24) is 21.3 Å². The van der Waals surface area contributed by atoms with Gasteiger partial charge in [-0.2, -0.15) is 0 Å². The second kappa shape index (κ2) is 30.7. The third-order valence-electron chi connectivity index (χ3n) is 4.85. The van der Waals surface area contributed by atoms with Crippen molar-refractivity contribution >= 4 is 23.6 Å². The molecule has 4 atom stereocenters. The summed E-state index contributed by atoms with van der Waals surface area (Å²) >= 11 is 0. The zero-order valence-electron chi connectivity index (χ0n) is 29.7. The van der Waals surface area contributed by atoms with Crippen LogP contribution in [0.3, 0.4) is 0 Å². The molecule has 12 heteroatoms. The highest BCUT2D eigenvalue weighted by molar-refractivity contribution is 5.79. The monoisotopic (exact) mass is 637 g/mol. The lowest BCUT2D eigenvalue weighted by Gasteiger charge is -1.95. The van der Waals surface area contributed by atoms with Gasteiger partial charge in [0.15, 0.2) is 0 Å². The predicted molar refractivity (Wildman–Crippen MR) is 177 cm³/mol. The number of rotatable bonds is 0. The largest absolute Gasteiger partial charge is 0.394 e. The minimum Gasteiger partial charge on any atom is -0.394 e. The van der Waals surface area contributed by atoms with Crippen LogP contribution in [0.25, 0.3) is 0 Å². The molecule has 0 aliphatic carbocycles. The van der Waals surface area contributed by atoms with Gasteiger partial charge < -0.3 is 41.7 Å². The summed E-state index contributed by atoms with van der Waals surface area (Å²) in [5, 5.41) is 43.3. The first-order valence-electron chi connectivity index (χ1n) is 16.0. The minimum atomic E-state index is -0.167. The first kappa shape index (κ1) is 48.6. The van der Waals surface area contributed by atoms with Crippen LogP contribution < -0.4 is 21.3 Å². The van der Waals surface area contributed by atoms with Gasteiger partial charge in [-0.25, -0.2) is 0 Å². The zero-order chi connectivity index (χ0) is 35.4. The molecule has 44 heavy (non-hydrogen) atoms. The number of nitrogens with one attached hydrogen (secondary N) is 4. The second-order valence-electron chi connectivity index (χ2n) is 12.4. The molecule has 4 aliphatic heterocycles. The van der Waals surface area contributed by atoms with Crippen LogP contribution in [0.15, 0.2) is 0 Å². The van der Waals surface area contributed by atoms with Gasteiger partial charge in [0, 0.05) is 74.3 Å². The first-order chi connectivity index (χ1) is 20.1. The highest BCUT2D eigenvalue weighted by Crippen LogP contribution is 2.05. The molecule has 4 saturated heterocycles. The summed E-state index contributed by atoms with van der Waals surface area (Å²) in [6.45, 7) is 21.9. The molecule has 4 aliphatic rings. The van der Waals surface area contributed by atoms with Crippen LogP contribution in [0.2, 0.25) is 0 Å². The number of hydrogen-bond acceptors (Lipinski definition) is 8. The number of aliphatic hydroxyl groups excluding tert-OH is 4. The highest BCUT2D eigenvalue weighted by Gasteiger charge is 2.16. The fourth-order valence-electron chi connectivity index (χ4n) is 3.07. The summed E-state index contributed by atoms with van der Waals surface area (Å²) < 4.78 is 0. The van der Waals surface area contributed by atoms with Gasteiger partial charge >= 0.3 is 0 Å². The molecule has 8 N–H and O–H groups in total. The van der Waals surface area contributed by atoms with Crippen molar-refractivity contribution in [3.8, 4) is 0 Å². The standard InChI is InChI=1S/4C5H9NO.4C3H8O/c4*1-4-2-3-5(7)6-4;4*1-3(2)4/h4*4H,2-3H2,1H3,(H,6,7);4*3-4H,1-2H3. The van der Waals surface area contributed by atoms with Crippen LogP contribution in [0, 0.1) is 0 Å². The molecule has 0 bridgehead atoms. The van der Waals surface area contributed by atoms with Crippen LogP contribution in [-0.4, -0.2) is 92.6 Å². The molecular weight excluding hydrogens is 568 g/mol. The van der Waals surface area contributed by atoms with Crippen molar-refractivity contribution in [2.24, 2.45) is 0 Å². The Morgan fingerprint density at radius 1 is 0.409 bits per heavy atom. The molecule has 0 radical (unpaired) electrons. The Bertz CT molecular complexity index is 602. The average molecular weight is 637 g/mol. The normalized spacial score (nSPS) is 22.6. The van der Waals surface area contributed by atoms with Crippen molar-refractivity contribution in [1.29, 1.82) is 0 Å². The molecule has 4 amide bonds. The van der Waals surface area contributed by atoms with E-state index in [0.29, 0.717) is 24.2 Å². The lowest BCUT2D eigenvalue weighted by molar-refractivity contribution is -0.120. The third kappa shape index (κ3) is 52.4. The van der Waals surface area contributed by atoms with Crippen molar-refractivity contribution in [2.75, 3.05) is 0 Å². The molecule has 0 aromatic carbocycles. The molecule has 4 fully saturated rings. The first-order valence-corrected chi connectivity index (χ1v) is 16.0. The van der Waals surface area contributed by atoms with Gasteiger partial charge in [0.1, 0.15) is 0 Å². The highest BCUT2D eigenvalue weighted by atomic mass is 16.3. The van der Waals surface area contributed by atoms with Crippen LogP contribution in [0.5, 0.6) is 0 Å². The fourth-order valence-corrected chi connectivity index (χ4v) is 3.07. The third-order valence-corrected chi connectivity index (χ3v) is 4.85. The maximum Gasteiger partial charge on any atom is 0.220 e. The Hall–Kier alpha value is -2.28. The summed E-state index contributed by atoms with van der Waals surface area (Å²) in [6.07, 6.45) is 6.28. The quantitative estimate of drug-likeness (QED) is 0.199. The predicted octanol–water partition coefficient (Wildman–Crippen LogP) is 2.69. The van der Waals surface area contributed by atoms with Gasteiger partial charge in [-0.1, -0.05) is 0 Å². The molecular formula is C32H68N4O8. The van der Waals surface area contributed by atoms with Crippen molar-refractivity contribution in [3.63, 3.8) is 0 Å². The second-order valence-corrected chi connectivity index (χ2v) is 12.4. The van der Waals surface area contributed by atoms with E-state index in [1.165, 1.54) is 0 Å². The van der Waals surface area contributed by atoms with E-state index >= 15 is 0 Å². The van der Waals surface area contributed by atoms with Gasteiger partial charge in [-0.05, 0) is 109 Å². The lowest BCUT2D eigenvalue weighted by atomic mass is 10.3. The number of amides is 4. The number of hydrogen-bond donors (Lipinski definition) is 8. The number of aliphatic hydroxyl groups is 4. The van der Waals surface area contributed by atoms with E-state index < -0.39 is 0 Å². The minimum absolute atomic E-state index is 0.167. The molecule has 12 nitrogen and oxygen atoms in total. The SMILES string of the molecule is CC(C)O.CC(C)O.CC(C)O.CC(C)O.CC1CCC(=O)N1.CC1CCC(=O)N1.CC1CCC(=O)N1.CC1CCC(=O)N1. The summed E-state index contributed by atoms with van der Waals surface area (Å²) in [4.78, 5) is 41.4. The molecule has 0 spiro atoms. The van der Waals surface area contributed by atoms with Crippen molar-refractivity contribution in [2.45, 2.75) is 183 Å². The molecule has 0 saturated carbocycles. The Labute approximate surface area is 267 Å². The van der Waals surface area contributed by atoms with Gasteiger partial charge in [0.2, 0.25) is 23.6 Å². The Balaban J connectivity index is -0.000000211. The molecule has 0 aromatic rings. The lowest BCUT2D eigenvalue weighted by Crippen LogP contribution is -2.21. The van der Waals surface area contributed by atoms with Gasteiger partial charge in [-0.15, -0.1) is 0 Å². The van der Waals surface area contributed by atoms with Crippen LogP contribution >= 0.6 is 0 Å². The Kier molecular flexibility index (Phi) is 34.0. The van der Waals surface area contributed by atoms with Crippen LogP contribution in [0.4, 0.5) is 0 Å². The van der Waals surface area contributed by atoms with Crippen molar-refractivity contribution < 1.29 is 39.6 Å². The van der Waals surface area contributed by atoms with E-state index in [0.717, 1.165) is 51.4 Å². The van der Waals surface area contributed by atoms with Crippen LogP contribution in [0.1, 0.15) is 134 Å². The fraction of sp³-hybridized carbons (Fsp3) is 0.875. The van der Waals surface area contributed by atoms with Gasteiger partial charge in [0.25, 0.3) is 0 Å². The molecule has 4 unspecified atom stereocenters. The van der Waals surface area contributed by atoms with Crippen molar-refractivity contribution in [3.05, 3.63) is 0 Å². The van der Waals surface area contributed by atoms with E-state index in [2.05, 4.69) is 21.3 Å². The number of carbonyl (C=O) groups is 4. The smallest absolute Gasteiger partial charge is 0.220 e. The molecule has 4 rings (SSSR count). The van der Waals surface area contributed by atoms with E-state index in [4.69, 9.17) is 20.4 Å². The summed E-state index contributed by atoms with van der Waals surface area (Å²) in [5.74, 6) is 0.806. The maximum atomic E-state index is 10.3. The van der Waals surface area contributed by atoms with Crippen LogP contribution in [-0.2, 0) is 19.2 Å². The Morgan fingerprint density at radius 3 is 0.545 bits per heavy atom. The van der Waals surface area contributed by atoms with Gasteiger partial charge in [-0.3, -0.25) is 19.2 Å². The molecule has 0 aromatic heterocycles. The Morgan fingerprint density at radius 2 is 0.523 bits per heavy atom. The average Bonchev–Trinajstić information content (AvgIpc) is 3.60. The summed E-state index contributed by atoms with van der Waals surface area (Å²) in [6, 6.07) is 1.69. The topological polar surface area (TPSA) is 197 Å². The van der Waals surface area contributed by atoms with E-state index in [1.54, 1.807) is 55.4 Å². The van der Waals surface area contributed by atoms with Gasteiger partial charge in [0.05, 0.1) is 0 Å². The van der Waals surface area contributed by atoms with E-state index in [-0.39, 0.29) is 48.0 Å². The molecule has 4 heterocycles. The number of carbonyl (C=O) groups excluding carboxylic acids is 4. The summed E-state index contributed by atoms with van der Waals surface area (Å²) in [5.41, 5.74) is 0. The maximum absolute atomic E-state index is 10.3. The molecule has 264 valence electrons. The van der Waals surface area contributed by atoms with E-state index in [9.17, 15) is 19.2 Å². The summed E-state index contributed by atoms with van der Waals surface area (Å²) in [7, 11) is 0. The zero-order valence-corrected chi connectivity index (χ0v) is 29.7.